The summed E-state index contributed by atoms with van der Waals surface area (Å²) in [5, 5.41) is 4.58. The Labute approximate surface area is 176 Å². The number of amides is 1. The maximum Gasteiger partial charge on any atom is 0.273 e. The minimum Gasteiger partial charge on any atom is -0.497 e. The minimum atomic E-state index is 0.00191. The molecule has 4 rings (SSSR count). The van der Waals surface area contributed by atoms with Gasteiger partial charge in [-0.2, -0.15) is 5.10 Å². The summed E-state index contributed by atoms with van der Waals surface area (Å²) in [6.07, 6.45) is 0. The Balaban J connectivity index is 1.62. The highest BCUT2D eigenvalue weighted by Gasteiger charge is 2.32. The van der Waals surface area contributed by atoms with Crippen molar-refractivity contribution in [1.82, 2.24) is 14.7 Å². The fourth-order valence-corrected chi connectivity index (χ4v) is 4.84. The lowest BCUT2D eigenvalue weighted by Gasteiger charge is -2.24. The van der Waals surface area contributed by atoms with Gasteiger partial charge in [0.25, 0.3) is 5.91 Å². The zero-order chi connectivity index (χ0) is 19.7. The number of thioether (sulfide) groups is 1. The second-order valence-corrected chi connectivity index (χ2v) is 8.65. The van der Waals surface area contributed by atoms with Crippen molar-refractivity contribution in [2.24, 2.45) is 7.05 Å². The first-order valence-corrected chi connectivity index (χ1v) is 10.8. The van der Waals surface area contributed by atoms with Crippen LogP contribution in [0.3, 0.4) is 0 Å². The third kappa shape index (κ3) is 3.69. The summed E-state index contributed by atoms with van der Waals surface area (Å²) in [6.45, 7) is 0.726. The van der Waals surface area contributed by atoms with E-state index in [9.17, 15) is 4.79 Å². The van der Waals surface area contributed by atoms with E-state index in [4.69, 9.17) is 4.74 Å². The number of methoxy groups -OCH3 is 1. The van der Waals surface area contributed by atoms with E-state index in [1.165, 1.54) is 0 Å². The second-order valence-electron chi connectivity index (χ2n) is 6.54. The van der Waals surface area contributed by atoms with E-state index < -0.39 is 0 Å². The first-order valence-electron chi connectivity index (χ1n) is 8.93. The molecule has 28 heavy (non-hydrogen) atoms. The van der Waals surface area contributed by atoms with Gasteiger partial charge in [-0.3, -0.25) is 9.48 Å². The first-order chi connectivity index (χ1) is 13.6. The Morgan fingerprint density at radius 2 is 2.00 bits per heavy atom. The number of aromatic nitrogens is 2. The molecular formula is C21H20BrN3O2S. The normalized spacial score (nSPS) is 16.4. The molecule has 5 nitrogen and oxygen atoms in total. The third-order valence-corrected chi connectivity index (χ3v) is 6.56. The standard InChI is InChI=1S/C21H20BrN3O2S/c1-24-19(13-18(23-24)15-4-3-5-17(12-15)27-2)20(26)25-10-11-28-21(25)14-6-8-16(22)9-7-14/h3-9,12-13,21H,10-11H2,1-2H3. The van der Waals surface area contributed by atoms with Crippen molar-refractivity contribution in [3.05, 3.63) is 70.3 Å². The molecule has 1 aliphatic rings. The second kappa shape index (κ2) is 8.01. The van der Waals surface area contributed by atoms with Crippen LogP contribution in [0.2, 0.25) is 0 Å². The van der Waals surface area contributed by atoms with Crippen molar-refractivity contribution in [3.63, 3.8) is 0 Å². The van der Waals surface area contributed by atoms with Crippen molar-refractivity contribution in [1.29, 1.82) is 0 Å². The highest BCUT2D eigenvalue weighted by molar-refractivity contribution is 9.10. The topological polar surface area (TPSA) is 47.4 Å². The maximum absolute atomic E-state index is 13.3. The van der Waals surface area contributed by atoms with E-state index in [1.807, 2.05) is 54.4 Å². The summed E-state index contributed by atoms with van der Waals surface area (Å²) < 4.78 is 8.00. The predicted molar refractivity (Wildman–Crippen MR) is 116 cm³/mol. The van der Waals surface area contributed by atoms with Gasteiger partial charge in [0.05, 0.1) is 12.8 Å². The van der Waals surface area contributed by atoms with Gasteiger partial charge >= 0.3 is 0 Å². The summed E-state index contributed by atoms with van der Waals surface area (Å²) in [7, 11) is 3.45. The van der Waals surface area contributed by atoms with E-state index in [0.29, 0.717) is 5.69 Å². The van der Waals surface area contributed by atoms with Gasteiger partial charge in [0, 0.05) is 29.4 Å². The van der Waals surface area contributed by atoms with Crippen LogP contribution in [0.4, 0.5) is 0 Å². The first kappa shape index (κ1) is 19.1. The van der Waals surface area contributed by atoms with Crippen LogP contribution in [0.15, 0.2) is 59.1 Å². The molecule has 2 heterocycles. The molecule has 1 unspecified atom stereocenters. The molecule has 1 aliphatic heterocycles. The Bertz CT molecular complexity index is 1000. The van der Waals surface area contributed by atoms with Crippen LogP contribution in [-0.2, 0) is 7.05 Å². The largest absolute Gasteiger partial charge is 0.497 e. The van der Waals surface area contributed by atoms with Gasteiger partial charge in [0.1, 0.15) is 16.8 Å². The Morgan fingerprint density at radius 3 is 2.75 bits per heavy atom. The zero-order valence-electron chi connectivity index (χ0n) is 15.6. The van der Waals surface area contributed by atoms with Crippen LogP contribution in [0.25, 0.3) is 11.3 Å². The summed E-state index contributed by atoms with van der Waals surface area (Å²) in [5.74, 6) is 1.69. The van der Waals surface area contributed by atoms with Crippen molar-refractivity contribution in [3.8, 4) is 17.0 Å². The average Bonchev–Trinajstić information content (AvgIpc) is 3.35. The Morgan fingerprint density at radius 1 is 1.21 bits per heavy atom. The molecule has 7 heteroatoms. The molecule has 1 saturated heterocycles. The summed E-state index contributed by atoms with van der Waals surface area (Å²) in [4.78, 5) is 15.2. The molecular weight excluding hydrogens is 438 g/mol. The van der Waals surface area contributed by atoms with Crippen molar-refractivity contribution < 1.29 is 9.53 Å². The van der Waals surface area contributed by atoms with Crippen molar-refractivity contribution >= 4 is 33.6 Å². The van der Waals surface area contributed by atoms with Gasteiger partial charge in [0.2, 0.25) is 0 Å². The lowest BCUT2D eigenvalue weighted by atomic mass is 10.1. The third-order valence-electron chi connectivity index (χ3n) is 4.77. The number of aryl methyl sites for hydroxylation is 1. The molecule has 0 spiro atoms. The number of carbonyl (C=O) groups excluding carboxylic acids is 1. The highest BCUT2D eigenvalue weighted by atomic mass is 79.9. The number of halogens is 1. The fraction of sp³-hybridized carbons (Fsp3) is 0.238. The highest BCUT2D eigenvalue weighted by Crippen LogP contribution is 2.39. The molecule has 1 amide bonds. The molecule has 0 aliphatic carbocycles. The van der Waals surface area contributed by atoms with E-state index >= 15 is 0 Å². The van der Waals surface area contributed by atoms with Crippen LogP contribution >= 0.6 is 27.7 Å². The number of ether oxygens (including phenoxy) is 1. The Hall–Kier alpha value is -2.25. The molecule has 2 aromatic carbocycles. The van der Waals surface area contributed by atoms with E-state index in [2.05, 4.69) is 33.2 Å². The summed E-state index contributed by atoms with van der Waals surface area (Å²) in [6, 6.07) is 17.7. The lowest BCUT2D eigenvalue weighted by Crippen LogP contribution is -2.31. The maximum atomic E-state index is 13.3. The van der Waals surface area contributed by atoms with Gasteiger partial charge in [-0.15, -0.1) is 11.8 Å². The summed E-state index contributed by atoms with van der Waals surface area (Å²) in [5.41, 5.74) is 3.41. The van der Waals surface area contributed by atoms with Gasteiger partial charge in [0.15, 0.2) is 0 Å². The van der Waals surface area contributed by atoms with Crippen LogP contribution in [0, 0.1) is 0 Å². The molecule has 0 saturated carbocycles. The van der Waals surface area contributed by atoms with Crippen molar-refractivity contribution in [2.45, 2.75) is 5.37 Å². The molecule has 0 radical (unpaired) electrons. The van der Waals surface area contributed by atoms with Crippen LogP contribution in [0.5, 0.6) is 5.75 Å². The molecule has 3 aromatic rings. The van der Waals surface area contributed by atoms with E-state index in [1.54, 1.807) is 23.6 Å². The van der Waals surface area contributed by atoms with Crippen molar-refractivity contribution in [2.75, 3.05) is 19.4 Å². The van der Waals surface area contributed by atoms with Gasteiger partial charge < -0.3 is 9.64 Å². The monoisotopic (exact) mass is 457 g/mol. The van der Waals surface area contributed by atoms with E-state index in [0.717, 1.165) is 39.3 Å². The Kier molecular flexibility index (Phi) is 5.46. The number of hydrogen-bond acceptors (Lipinski definition) is 4. The molecule has 1 fully saturated rings. The number of nitrogens with zero attached hydrogens (tertiary/aromatic N) is 3. The van der Waals surface area contributed by atoms with Crippen LogP contribution in [-0.4, -0.2) is 40.0 Å². The fourth-order valence-electron chi connectivity index (χ4n) is 3.32. The van der Waals surface area contributed by atoms with E-state index in [-0.39, 0.29) is 11.3 Å². The summed E-state index contributed by atoms with van der Waals surface area (Å²) >= 11 is 5.26. The lowest BCUT2D eigenvalue weighted by molar-refractivity contribution is 0.0749. The zero-order valence-corrected chi connectivity index (χ0v) is 18.0. The molecule has 0 bridgehead atoms. The van der Waals surface area contributed by atoms with Gasteiger partial charge in [-0.1, -0.05) is 40.2 Å². The number of hydrogen-bond donors (Lipinski definition) is 0. The smallest absolute Gasteiger partial charge is 0.273 e. The van der Waals surface area contributed by atoms with Gasteiger partial charge in [-0.05, 0) is 35.9 Å². The SMILES string of the molecule is COc1cccc(-c2cc(C(=O)N3CCSC3c3ccc(Br)cc3)n(C)n2)c1. The average molecular weight is 458 g/mol. The van der Waals surface area contributed by atoms with Crippen LogP contribution < -0.4 is 4.74 Å². The number of benzene rings is 2. The predicted octanol–water partition coefficient (Wildman–Crippen LogP) is 4.75. The van der Waals surface area contributed by atoms with Gasteiger partial charge in [-0.25, -0.2) is 0 Å². The molecule has 0 N–H and O–H groups in total. The molecule has 144 valence electrons. The number of rotatable bonds is 4. The molecule has 1 aromatic heterocycles. The minimum absolute atomic E-state index is 0.00191. The van der Waals surface area contributed by atoms with Crippen LogP contribution in [0.1, 0.15) is 21.4 Å². The number of carbonyl (C=O) groups is 1. The quantitative estimate of drug-likeness (QED) is 0.567. The molecule has 1 atom stereocenters.